The molecule has 4 rings (SSSR count). The molecule has 0 bridgehead atoms. The van der Waals surface area contributed by atoms with E-state index in [9.17, 15) is 4.79 Å². The van der Waals surface area contributed by atoms with Crippen LogP contribution >= 0.6 is 0 Å². The maximum atomic E-state index is 12.3. The minimum Gasteiger partial charge on any atom is -0.308 e. The molecule has 0 radical (unpaired) electrons. The van der Waals surface area contributed by atoms with Crippen LogP contribution in [0.5, 0.6) is 0 Å². The van der Waals surface area contributed by atoms with Crippen LogP contribution in [0.2, 0.25) is 0 Å². The van der Waals surface area contributed by atoms with E-state index in [1.807, 2.05) is 30.3 Å². The standard InChI is InChI=1S/C16H18N4O/c21-15(13-10-16(13)8-4-5-9-16)18-14-11-17-20(19-14)12-6-2-1-3-7-12/h1-3,6-7,11,13H,4-5,8-10H2,(H,18,19,21). The molecule has 0 saturated heterocycles. The molecule has 108 valence electrons. The summed E-state index contributed by atoms with van der Waals surface area (Å²) in [6, 6.07) is 9.68. The molecule has 2 aromatic rings. The van der Waals surface area contributed by atoms with Gasteiger partial charge in [-0.3, -0.25) is 4.79 Å². The van der Waals surface area contributed by atoms with Crippen molar-refractivity contribution in [1.29, 1.82) is 0 Å². The van der Waals surface area contributed by atoms with Crippen LogP contribution in [0.3, 0.4) is 0 Å². The van der Waals surface area contributed by atoms with Crippen molar-refractivity contribution in [2.24, 2.45) is 11.3 Å². The Morgan fingerprint density at radius 1 is 1.24 bits per heavy atom. The van der Waals surface area contributed by atoms with E-state index in [1.54, 1.807) is 6.20 Å². The van der Waals surface area contributed by atoms with Gasteiger partial charge < -0.3 is 5.32 Å². The van der Waals surface area contributed by atoms with E-state index in [4.69, 9.17) is 0 Å². The number of aromatic nitrogens is 3. The molecule has 1 amide bonds. The minimum atomic E-state index is 0.108. The molecular formula is C16H18N4O. The first-order valence-corrected chi connectivity index (χ1v) is 7.56. The van der Waals surface area contributed by atoms with E-state index >= 15 is 0 Å². The molecule has 21 heavy (non-hydrogen) atoms. The quantitative estimate of drug-likeness (QED) is 0.941. The number of anilines is 1. The summed E-state index contributed by atoms with van der Waals surface area (Å²) >= 11 is 0. The molecule has 1 aromatic carbocycles. The van der Waals surface area contributed by atoms with E-state index in [0.717, 1.165) is 12.1 Å². The average Bonchev–Trinajstić information content (AvgIpc) is 2.85. The van der Waals surface area contributed by atoms with Gasteiger partial charge in [0.25, 0.3) is 0 Å². The van der Waals surface area contributed by atoms with Crippen LogP contribution in [0, 0.1) is 11.3 Å². The van der Waals surface area contributed by atoms with Gasteiger partial charge in [0, 0.05) is 5.92 Å². The summed E-state index contributed by atoms with van der Waals surface area (Å²) in [7, 11) is 0. The Kier molecular flexibility index (Phi) is 2.80. The summed E-state index contributed by atoms with van der Waals surface area (Å²) in [4.78, 5) is 13.8. The van der Waals surface area contributed by atoms with Crippen LogP contribution in [-0.2, 0) is 4.79 Å². The summed E-state index contributed by atoms with van der Waals surface area (Å²) in [5.74, 6) is 0.822. The maximum absolute atomic E-state index is 12.3. The first-order chi connectivity index (χ1) is 10.3. The second-order valence-electron chi connectivity index (χ2n) is 6.17. The molecule has 2 saturated carbocycles. The minimum absolute atomic E-state index is 0.108. The summed E-state index contributed by atoms with van der Waals surface area (Å²) in [5.41, 5.74) is 1.20. The number of para-hydroxylation sites is 1. The zero-order chi connectivity index (χ0) is 14.3. The second-order valence-corrected chi connectivity index (χ2v) is 6.17. The van der Waals surface area contributed by atoms with Crippen LogP contribution in [-0.4, -0.2) is 20.9 Å². The van der Waals surface area contributed by atoms with Gasteiger partial charge in [0.15, 0.2) is 5.82 Å². The molecular weight excluding hydrogens is 264 g/mol. The Labute approximate surface area is 123 Å². The van der Waals surface area contributed by atoms with Gasteiger partial charge in [0.2, 0.25) is 5.91 Å². The van der Waals surface area contributed by atoms with Gasteiger partial charge in [-0.2, -0.15) is 5.10 Å². The molecule has 5 nitrogen and oxygen atoms in total. The lowest BCUT2D eigenvalue weighted by Gasteiger charge is -2.07. The molecule has 1 unspecified atom stereocenters. The fourth-order valence-electron chi connectivity index (χ4n) is 3.57. The van der Waals surface area contributed by atoms with Crippen LogP contribution in [0.15, 0.2) is 36.5 Å². The van der Waals surface area contributed by atoms with Crippen molar-refractivity contribution in [2.75, 3.05) is 5.32 Å². The van der Waals surface area contributed by atoms with E-state index in [2.05, 4.69) is 15.5 Å². The fraction of sp³-hybridized carbons (Fsp3) is 0.438. The topological polar surface area (TPSA) is 59.8 Å². The highest BCUT2D eigenvalue weighted by Crippen LogP contribution is 2.62. The predicted molar refractivity (Wildman–Crippen MR) is 79.0 cm³/mol. The predicted octanol–water partition coefficient (Wildman–Crippen LogP) is 2.79. The largest absolute Gasteiger partial charge is 0.308 e. The lowest BCUT2D eigenvalue weighted by molar-refractivity contribution is -0.118. The Morgan fingerprint density at radius 2 is 2.00 bits per heavy atom. The number of nitrogens with one attached hydrogen (secondary N) is 1. The van der Waals surface area contributed by atoms with E-state index in [0.29, 0.717) is 11.2 Å². The smallest absolute Gasteiger partial charge is 0.229 e. The third kappa shape index (κ3) is 2.22. The number of nitrogens with zero attached hydrogens (tertiary/aromatic N) is 3. The van der Waals surface area contributed by atoms with Gasteiger partial charge in [-0.25, -0.2) is 0 Å². The van der Waals surface area contributed by atoms with Crippen LogP contribution in [0.1, 0.15) is 32.1 Å². The van der Waals surface area contributed by atoms with Gasteiger partial charge in [0.05, 0.1) is 11.9 Å². The second kappa shape index (κ2) is 4.69. The summed E-state index contributed by atoms with van der Waals surface area (Å²) in [6.45, 7) is 0. The van der Waals surface area contributed by atoms with Gasteiger partial charge in [-0.1, -0.05) is 31.0 Å². The molecule has 1 heterocycles. The summed E-state index contributed by atoms with van der Waals surface area (Å²) in [5, 5.41) is 11.4. The van der Waals surface area contributed by atoms with Crippen molar-refractivity contribution in [2.45, 2.75) is 32.1 Å². The number of benzene rings is 1. The highest BCUT2D eigenvalue weighted by molar-refractivity contribution is 5.94. The van der Waals surface area contributed by atoms with Crippen LogP contribution < -0.4 is 5.32 Å². The zero-order valence-corrected chi connectivity index (χ0v) is 11.8. The van der Waals surface area contributed by atoms with Gasteiger partial charge >= 0.3 is 0 Å². The van der Waals surface area contributed by atoms with Crippen LogP contribution in [0.4, 0.5) is 5.82 Å². The molecule has 1 aromatic heterocycles. The number of amides is 1. The van der Waals surface area contributed by atoms with Crippen molar-refractivity contribution < 1.29 is 4.79 Å². The van der Waals surface area contributed by atoms with Crippen molar-refractivity contribution >= 4 is 11.7 Å². The monoisotopic (exact) mass is 282 g/mol. The first-order valence-electron chi connectivity index (χ1n) is 7.56. The van der Waals surface area contributed by atoms with Crippen molar-refractivity contribution in [3.05, 3.63) is 36.5 Å². The number of hydrogen-bond donors (Lipinski definition) is 1. The molecule has 5 heteroatoms. The third-order valence-corrected chi connectivity index (χ3v) is 4.84. The van der Waals surface area contributed by atoms with Crippen molar-refractivity contribution in [1.82, 2.24) is 15.0 Å². The van der Waals surface area contributed by atoms with E-state index in [1.165, 1.54) is 30.5 Å². The lowest BCUT2D eigenvalue weighted by Crippen LogP contribution is -2.18. The van der Waals surface area contributed by atoms with Gasteiger partial charge in [-0.15, -0.1) is 9.90 Å². The lowest BCUT2D eigenvalue weighted by atomic mass is 10.0. The molecule has 1 atom stereocenters. The SMILES string of the molecule is O=C(Nc1cnn(-c2ccccc2)n1)C1CC12CCCC2. The van der Waals surface area contributed by atoms with E-state index < -0.39 is 0 Å². The van der Waals surface area contributed by atoms with Gasteiger partial charge in [0.1, 0.15) is 0 Å². The molecule has 2 fully saturated rings. The average molecular weight is 282 g/mol. The number of carbonyl (C=O) groups is 1. The highest BCUT2D eigenvalue weighted by Gasteiger charge is 2.58. The van der Waals surface area contributed by atoms with Gasteiger partial charge in [-0.05, 0) is 36.8 Å². The number of carbonyl (C=O) groups excluding carboxylic acids is 1. The normalized spacial score (nSPS) is 22.4. The Balaban J connectivity index is 1.44. The highest BCUT2D eigenvalue weighted by atomic mass is 16.2. The molecule has 0 aliphatic heterocycles. The first kappa shape index (κ1) is 12.6. The molecule has 2 aliphatic carbocycles. The fourth-order valence-corrected chi connectivity index (χ4v) is 3.57. The maximum Gasteiger partial charge on any atom is 0.229 e. The Bertz CT molecular complexity index is 658. The third-order valence-electron chi connectivity index (χ3n) is 4.84. The molecule has 1 N–H and O–H groups in total. The van der Waals surface area contributed by atoms with Crippen molar-refractivity contribution in [3.8, 4) is 5.69 Å². The summed E-state index contributed by atoms with van der Waals surface area (Å²) < 4.78 is 0. The zero-order valence-electron chi connectivity index (χ0n) is 11.8. The Morgan fingerprint density at radius 3 is 2.76 bits per heavy atom. The molecule has 1 spiro atoms. The van der Waals surface area contributed by atoms with Crippen LogP contribution in [0.25, 0.3) is 5.69 Å². The van der Waals surface area contributed by atoms with E-state index in [-0.39, 0.29) is 11.8 Å². The summed E-state index contributed by atoms with van der Waals surface area (Å²) in [6.07, 6.45) is 7.62. The van der Waals surface area contributed by atoms with Crippen molar-refractivity contribution in [3.63, 3.8) is 0 Å². The molecule has 2 aliphatic rings. The number of hydrogen-bond acceptors (Lipinski definition) is 3. The Hall–Kier alpha value is -2.17. The number of rotatable bonds is 3.